The third kappa shape index (κ3) is 3.64. The average molecular weight is 277 g/mol. The van der Waals surface area contributed by atoms with E-state index in [9.17, 15) is 0 Å². The molecule has 0 amide bonds. The molecule has 1 N–H and O–H groups in total. The number of pyridine rings is 1. The van der Waals surface area contributed by atoms with Crippen LogP contribution in [0.15, 0.2) is 24.4 Å². The first-order valence-electron chi connectivity index (χ1n) is 6.37. The van der Waals surface area contributed by atoms with Gasteiger partial charge in [-0.05, 0) is 19.1 Å². The minimum absolute atomic E-state index is 0.521. The number of halogens is 1. The molecule has 0 atom stereocenters. The molecule has 0 aromatic carbocycles. The van der Waals surface area contributed by atoms with Crippen LogP contribution in [-0.2, 0) is 12.8 Å². The molecule has 0 aliphatic rings. The minimum Gasteiger partial charge on any atom is -0.369 e. The van der Waals surface area contributed by atoms with E-state index in [0.29, 0.717) is 5.15 Å². The monoisotopic (exact) mass is 276 g/mol. The van der Waals surface area contributed by atoms with Crippen molar-refractivity contribution < 1.29 is 0 Å². The Morgan fingerprint density at radius 1 is 1.26 bits per heavy atom. The van der Waals surface area contributed by atoms with Crippen LogP contribution < -0.4 is 5.32 Å². The molecule has 0 spiro atoms. The smallest absolute Gasteiger partial charge is 0.137 e. The van der Waals surface area contributed by atoms with Crippen LogP contribution in [0.5, 0.6) is 0 Å². The number of anilines is 1. The molecule has 0 saturated carbocycles. The van der Waals surface area contributed by atoms with Crippen LogP contribution in [0.4, 0.5) is 5.82 Å². The van der Waals surface area contributed by atoms with Gasteiger partial charge in [-0.2, -0.15) is 0 Å². The van der Waals surface area contributed by atoms with Crippen LogP contribution in [0.25, 0.3) is 0 Å². The highest BCUT2D eigenvalue weighted by atomic mass is 35.5. The van der Waals surface area contributed by atoms with Crippen LogP contribution in [0.1, 0.15) is 24.0 Å². The van der Waals surface area contributed by atoms with Gasteiger partial charge in [0.2, 0.25) is 0 Å². The van der Waals surface area contributed by atoms with E-state index in [2.05, 4.69) is 20.3 Å². The van der Waals surface area contributed by atoms with Gasteiger partial charge in [0.15, 0.2) is 0 Å². The highest BCUT2D eigenvalue weighted by molar-refractivity contribution is 6.30. The summed E-state index contributed by atoms with van der Waals surface area (Å²) in [5.74, 6) is 1.57. The van der Waals surface area contributed by atoms with Crippen LogP contribution in [0.3, 0.4) is 0 Å². The molecule has 0 aliphatic carbocycles. The van der Waals surface area contributed by atoms with E-state index in [1.165, 1.54) is 0 Å². The number of nitrogens with one attached hydrogen (secondary N) is 1. The lowest BCUT2D eigenvalue weighted by molar-refractivity contribution is 0.906. The lowest BCUT2D eigenvalue weighted by Gasteiger charge is -2.10. The van der Waals surface area contributed by atoms with E-state index in [1.54, 1.807) is 6.20 Å². The van der Waals surface area contributed by atoms with Crippen molar-refractivity contribution in [3.05, 3.63) is 46.6 Å². The standard InChI is InChI=1S/C14H17ClN4/c1-3-12-18-13(15)10(2)14(19-12)17-9-7-11-6-4-5-8-16-11/h4-6,8H,3,7,9H2,1-2H3,(H,17,18,19). The van der Waals surface area contributed by atoms with E-state index in [0.717, 1.165) is 42.3 Å². The van der Waals surface area contributed by atoms with Crippen molar-refractivity contribution in [1.82, 2.24) is 15.0 Å². The molecule has 0 radical (unpaired) electrons. The normalized spacial score (nSPS) is 10.5. The summed E-state index contributed by atoms with van der Waals surface area (Å²) in [6.07, 6.45) is 3.43. The highest BCUT2D eigenvalue weighted by Crippen LogP contribution is 2.19. The molecule has 0 saturated heterocycles. The zero-order valence-electron chi connectivity index (χ0n) is 11.2. The van der Waals surface area contributed by atoms with E-state index in [1.807, 2.05) is 32.0 Å². The zero-order valence-corrected chi connectivity index (χ0v) is 11.9. The Bertz CT molecular complexity index is 543. The number of aryl methyl sites for hydroxylation is 1. The maximum atomic E-state index is 6.09. The maximum absolute atomic E-state index is 6.09. The van der Waals surface area contributed by atoms with Crippen LogP contribution >= 0.6 is 11.6 Å². The maximum Gasteiger partial charge on any atom is 0.137 e. The molecule has 0 bridgehead atoms. The summed E-state index contributed by atoms with van der Waals surface area (Å²) in [5, 5.41) is 3.82. The van der Waals surface area contributed by atoms with Gasteiger partial charge >= 0.3 is 0 Å². The number of hydrogen-bond donors (Lipinski definition) is 1. The van der Waals surface area contributed by atoms with Gasteiger partial charge in [-0.1, -0.05) is 24.6 Å². The highest BCUT2D eigenvalue weighted by Gasteiger charge is 2.08. The van der Waals surface area contributed by atoms with Crippen molar-refractivity contribution in [2.45, 2.75) is 26.7 Å². The summed E-state index contributed by atoms with van der Waals surface area (Å²) in [6.45, 7) is 4.71. The molecule has 0 fully saturated rings. The van der Waals surface area contributed by atoms with Crippen molar-refractivity contribution in [2.24, 2.45) is 0 Å². The first-order valence-corrected chi connectivity index (χ1v) is 6.75. The predicted molar refractivity (Wildman–Crippen MR) is 77.6 cm³/mol. The third-order valence-electron chi connectivity index (χ3n) is 2.85. The Kier molecular flexibility index (Phi) is 4.68. The molecule has 19 heavy (non-hydrogen) atoms. The summed E-state index contributed by atoms with van der Waals surface area (Å²) in [5.41, 5.74) is 1.95. The third-order valence-corrected chi connectivity index (χ3v) is 3.22. The van der Waals surface area contributed by atoms with Crippen LogP contribution in [0.2, 0.25) is 5.15 Å². The Balaban J connectivity index is 2.01. The first-order chi connectivity index (χ1) is 9.20. The number of nitrogens with zero attached hydrogens (tertiary/aromatic N) is 3. The predicted octanol–water partition coefficient (Wildman–Crippen LogP) is 3.05. The molecule has 2 aromatic rings. The van der Waals surface area contributed by atoms with E-state index in [4.69, 9.17) is 11.6 Å². The van der Waals surface area contributed by atoms with E-state index >= 15 is 0 Å². The Hall–Kier alpha value is -1.68. The summed E-state index contributed by atoms with van der Waals surface area (Å²) >= 11 is 6.09. The minimum atomic E-state index is 0.521. The van der Waals surface area contributed by atoms with E-state index in [-0.39, 0.29) is 0 Å². The van der Waals surface area contributed by atoms with Crippen molar-refractivity contribution in [1.29, 1.82) is 0 Å². The molecule has 2 heterocycles. The van der Waals surface area contributed by atoms with Gasteiger partial charge in [-0.15, -0.1) is 0 Å². The molecular weight excluding hydrogens is 260 g/mol. The molecule has 2 rings (SSSR count). The van der Waals surface area contributed by atoms with Crippen molar-refractivity contribution in [3.63, 3.8) is 0 Å². The van der Waals surface area contributed by atoms with Gasteiger partial charge in [0.05, 0.1) is 0 Å². The topological polar surface area (TPSA) is 50.7 Å². The van der Waals surface area contributed by atoms with Gasteiger partial charge in [-0.25, -0.2) is 9.97 Å². The zero-order chi connectivity index (χ0) is 13.7. The summed E-state index contributed by atoms with van der Waals surface area (Å²) in [4.78, 5) is 13.0. The van der Waals surface area contributed by atoms with Gasteiger partial charge in [0.1, 0.15) is 16.8 Å². The largest absolute Gasteiger partial charge is 0.369 e. The lowest BCUT2D eigenvalue weighted by atomic mass is 10.2. The molecule has 2 aromatic heterocycles. The number of aromatic nitrogens is 3. The SMILES string of the molecule is CCc1nc(Cl)c(C)c(NCCc2ccccn2)n1. The number of rotatable bonds is 5. The average Bonchev–Trinajstić information content (AvgIpc) is 2.44. The Morgan fingerprint density at radius 3 is 2.79 bits per heavy atom. The molecule has 5 heteroatoms. The van der Waals surface area contributed by atoms with Gasteiger partial charge in [-0.3, -0.25) is 4.98 Å². The van der Waals surface area contributed by atoms with Crippen molar-refractivity contribution in [3.8, 4) is 0 Å². The molecule has 0 aliphatic heterocycles. The molecule has 0 unspecified atom stereocenters. The quantitative estimate of drug-likeness (QED) is 0.853. The molecular formula is C14H17ClN4. The summed E-state index contributed by atoms with van der Waals surface area (Å²) < 4.78 is 0. The summed E-state index contributed by atoms with van der Waals surface area (Å²) in [6, 6.07) is 5.92. The Morgan fingerprint density at radius 2 is 2.11 bits per heavy atom. The second-order valence-corrected chi connectivity index (χ2v) is 4.61. The number of hydrogen-bond acceptors (Lipinski definition) is 4. The summed E-state index contributed by atoms with van der Waals surface area (Å²) in [7, 11) is 0. The molecule has 100 valence electrons. The van der Waals surface area contributed by atoms with Crippen molar-refractivity contribution in [2.75, 3.05) is 11.9 Å². The van der Waals surface area contributed by atoms with Crippen LogP contribution in [-0.4, -0.2) is 21.5 Å². The Labute approximate surface area is 118 Å². The first kappa shape index (κ1) is 13.7. The lowest BCUT2D eigenvalue weighted by Crippen LogP contribution is -2.10. The molecule has 4 nitrogen and oxygen atoms in total. The van der Waals surface area contributed by atoms with E-state index < -0.39 is 0 Å². The van der Waals surface area contributed by atoms with Gasteiger partial charge in [0, 0.05) is 36.8 Å². The fraction of sp³-hybridized carbons (Fsp3) is 0.357. The second kappa shape index (κ2) is 6.48. The second-order valence-electron chi connectivity index (χ2n) is 4.26. The van der Waals surface area contributed by atoms with Gasteiger partial charge in [0.25, 0.3) is 0 Å². The fourth-order valence-corrected chi connectivity index (χ4v) is 1.91. The van der Waals surface area contributed by atoms with Gasteiger partial charge < -0.3 is 5.32 Å². The van der Waals surface area contributed by atoms with Crippen molar-refractivity contribution >= 4 is 17.4 Å². The fourth-order valence-electron chi connectivity index (χ4n) is 1.72. The van der Waals surface area contributed by atoms with Crippen LogP contribution in [0, 0.1) is 6.92 Å².